The molecule has 0 fully saturated rings. The third-order valence-electron chi connectivity index (χ3n) is 2.76. The van der Waals surface area contributed by atoms with Crippen LogP contribution in [0.25, 0.3) is 11.4 Å². The van der Waals surface area contributed by atoms with Crippen molar-refractivity contribution in [1.29, 1.82) is 0 Å². The molecular weight excluding hydrogens is 233 g/mol. The number of anilines is 1. The number of rotatable bonds is 5. The van der Waals surface area contributed by atoms with Gasteiger partial charge in [0.1, 0.15) is 5.82 Å². The van der Waals surface area contributed by atoms with Crippen LogP contribution in [-0.4, -0.2) is 20.2 Å². The molecule has 1 aromatic heterocycles. The molecule has 0 radical (unpaired) electrons. The summed E-state index contributed by atoms with van der Waals surface area (Å²) in [5, 5.41) is 11.5. The number of benzene rings is 1. The maximum atomic E-state index is 13.4. The third-order valence-corrected chi connectivity index (χ3v) is 2.76. The van der Waals surface area contributed by atoms with Crippen LogP contribution in [0.1, 0.15) is 26.2 Å². The number of nitrogen functional groups attached to an aromatic ring is 1. The van der Waals surface area contributed by atoms with Crippen LogP contribution < -0.4 is 5.73 Å². The smallest absolute Gasteiger partial charge is 0.182 e. The normalized spacial score (nSPS) is 10.8. The fourth-order valence-corrected chi connectivity index (χ4v) is 1.74. The number of tetrazole rings is 1. The molecule has 2 aromatic rings. The van der Waals surface area contributed by atoms with Crippen LogP contribution in [0.15, 0.2) is 18.2 Å². The summed E-state index contributed by atoms with van der Waals surface area (Å²) in [6.07, 6.45) is 3.26. The molecule has 18 heavy (non-hydrogen) atoms. The van der Waals surface area contributed by atoms with Crippen LogP contribution in [0.5, 0.6) is 0 Å². The maximum absolute atomic E-state index is 13.4. The Kier molecular flexibility index (Phi) is 3.86. The molecule has 5 nitrogen and oxygen atoms in total. The van der Waals surface area contributed by atoms with Gasteiger partial charge < -0.3 is 5.73 Å². The van der Waals surface area contributed by atoms with Crippen molar-refractivity contribution in [2.24, 2.45) is 0 Å². The fraction of sp³-hybridized carbons (Fsp3) is 0.417. The molecule has 6 heteroatoms. The number of nitrogens with two attached hydrogens (primary N) is 1. The second-order valence-corrected chi connectivity index (χ2v) is 4.17. The molecule has 0 spiro atoms. The summed E-state index contributed by atoms with van der Waals surface area (Å²) in [5.41, 5.74) is 6.22. The molecule has 2 rings (SSSR count). The van der Waals surface area contributed by atoms with Crippen molar-refractivity contribution < 1.29 is 4.39 Å². The van der Waals surface area contributed by atoms with Crippen molar-refractivity contribution in [3.8, 4) is 11.4 Å². The van der Waals surface area contributed by atoms with Gasteiger partial charge in [-0.25, -0.2) is 9.07 Å². The van der Waals surface area contributed by atoms with Gasteiger partial charge in [-0.1, -0.05) is 19.8 Å². The van der Waals surface area contributed by atoms with E-state index in [1.807, 2.05) is 0 Å². The van der Waals surface area contributed by atoms with E-state index in [9.17, 15) is 4.39 Å². The molecule has 0 aliphatic heterocycles. The van der Waals surface area contributed by atoms with Crippen molar-refractivity contribution in [1.82, 2.24) is 20.2 Å². The fourth-order valence-electron chi connectivity index (χ4n) is 1.74. The predicted molar refractivity (Wildman–Crippen MR) is 67.1 cm³/mol. The first-order chi connectivity index (χ1) is 8.72. The molecule has 0 aliphatic rings. The minimum Gasteiger partial charge on any atom is -0.396 e. The van der Waals surface area contributed by atoms with Gasteiger partial charge in [0, 0.05) is 12.1 Å². The minimum atomic E-state index is -0.449. The molecule has 0 unspecified atom stereocenters. The van der Waals surface area contributed by atoms with Gasteiger partial charge in [-0.3, -0.25) is 0 Å². The number of halogens is 1. The second kappa shape index (κ2) is 5.57. The van der Waals surface area contributed by atoms with E-state index < -0.39 is 5.82 Å². The number of nitrogens with zero attached hydrogens (tertiary/aromatic N) is 4. The number of hydrogen-bond donors (Lipinski definition) is 1. The lowest BCUT2D eigenvalue weighted by Crippen LogP contribution is -2.03. The molecule has 0 saturated heterocycles. The van der Waals surface area contributed by atoms with E-state index in [0.717, 1.165) is 25.8 Å². The predicted octanol–water partition coefficient (Wildman–Crippen LogP) is 2.25. The highest BCUT2D eigenvalue weighted by Gasteiger charge is 2.10. The molecule has 2 N–H and O–H groups in total. The van der Waals surface area contributed by atoms with Crippen LogP contribution >= 0.6 is 0 Å². The molecule has 0 aliphatic carbocycles. The van der Waals surface area contributed by atoms with E-state index in [-0.39, 0.29) is 5.69 Å². The Morgan fingerprint density at radius 2 is 2.17 bits per heavy atom. The first kappa shape index (κ1) is 12.5. The van der Waals surface area contributed by atoms with Gasteiger partial charge in [0.15, 0.2) is 5.82 Å². The summed E-state index contributed by atoms with van der Waals surface area (Å²) < 4.78 is 15.1. The van der Waals surface area contributed by atoms with Crippen LogP contribution in [0, 0.1) is 5.82 Å². The average molecular weight is 249 g/mol. The number of hydrogen-bond acceptors (Lipinski definition) is 4. The van der Waals surface area contributed by atoms with Crippen LogP contribution in [0.4, 0.5) is 10.1 Å². The molecule has 96 valence electrons. The van der Waals surface area contributed by atoms with Crippen LogP contribution in [0.3, 0.4) is 0 Å². The van der Waals surface area contributed by atoms with Gasteiger partial charge in [-0.15, -0.1) is 5.10 Å². The van der Waals surface area contributed by atoms with Crippen molar-refractivity contribution in [3.05, 3.63) is 24.0 Å². The lowest BCUT2D eigenvalue weighted by Gasteiger charge is -2.05. The topological polar surface area (TPSA) is 69.6 Å². The summed E-state index contributed by atoms with van der Waals surface area (Å²) in [6, 6.07) is 4.60. The summed E-state index contributed by atoms with van der Waals surface area (Å²) >= 11 is 0. The average Bonchev–Trinajstić information content (AvgIpc) is 2.81. The first-order valence-electron chi connectivity index (χ1n) is 6.04. The van der Waals surface area contributed by atoms with Crippen molar-refractivity contribution >= 4 is 5.69 Å². The molecular formula is C12H16FN5. The summed E-state index contributed by atoms with van der Waals surface area (Å²) in [7, 11) is 0. The highest BCUT2D eigenvalue weighted by Crippen LogP contribution is 2.20. The summed E-state index contributed by atoms with van der Waals surface area (Å²) in [6.45, 7) is 2.87. The van der Waals surface area contributed by atoms with Crippen molar-refractivity contribution in [2.75, 3.05) is 5.73 Å². The summed E-state index contributed by atoms with van der Waals surface area (Å²) in [5.74, 6) is 0.126. The second-order valence-electron chi connectivity index (χ2n) is 4.17. The Morgan fingerprint density at radius 3 is 2.89 bits per heavy atom. The molecule has 1 heterocycles. The van der Waals surface area contributed by atoms with Crippen LogP contribution in [0.2, 0.25) is 0 Å². The molecule has 0 amide bonds. The van der Waals surface area contributed by atoms with Gasteiger partial charge in [-0.2, -0.15) is 0 Å². The lowest BCUT2D eigenvalue weighted by atomic mass is 10.2. The number of aryl methyl sites for hydroxylation is 1. The van der Waals surface area contributed by atoms with Gasteiger partial charge in [0.2, 0.25) is 0 Å². The van der Waals surface area contributed by atoms with E-state index in [1.165, 1.54) is 12.1 Å². The van der Waals surface area contributed by atoms with Gasteiger partial charge in [0.25, 0.3) is 0 Å². The van der Waals surface area contributed by atoms with E-state index in [0.29, 0.717) is 11.4 Å². The largest absolute Gasteiger partial charge is 0.396 e. The minimum absolute atomic E-state index is 0.128. The Labute approximate surface area is 105 Å². The lowest BCUT2D eigenvalue weighted by molar-refractivity contribution is 0.541. The number of aromatic nitrogens is 4. The highest BCUT2D eigenvalue weighted by molar-refractivity contribution is 5.58. The van der Waals surface area contributed by atoms with Crippen LogP contribution in [-0.2, 0) is 6.54 Å². The van der Waals surface area contributed by atoms with Gasteiger partial charge >= 0.3 is 0 Å². The quantitative estimate of drug-likeness (QED) is 0.651. The Hall–Kier alpha value is -1.98. The zero-order valence-electron chi connectivity index (χ0n) is 10.3. The van der Waals surface area contributed by atoms with E-state index in [4.69, 9.17) is 5.73 Å². The summed E-state index contributed by atoms with van der Waals surface area (Å²) in [4.78, 5) is 0. The Bertz CT molecular complexity index is 523. The number of unbranched alkanes of at least 4 members (excludes halogenated alkanes) is 2. The van der Waals surface area contributed by atoms with E-state index in [1.54, 1.807) is 10.7 Å². The zero-order chi connectivity index (χ0) is 13.0. The Morgan fingerprint density at radius 1 is 1.33 bits per heavy atom. The van der Waals surface area contributed by atoms with Gasteiger partial charge in [-0.05, 0) is 35.0 Å². The SMILES string of the molecule is CCCCCn1nnnc1-c1ccc(N)c(F)c1. The van der Waals surface area contributed by atoms with Gasteiger partial charge in [0.05, 0.1) is 5.69 Å². The zero-order valence-corrected chi connectivity index (χ0v) is 10.3. The first-order valence-corrected chi connectivity index (χ1v) is 6.04. The Balaban J connectivity index is 2.22. The third kappa shape index (κ3) is 2.64. The molecule has 0 saturated carbocycles. The monoisotopic (exact) mass is 249 g/mol. The molecule has 0 bridgehead atoms. The highest BCUT2D eigenvalue weighted by atomic mass is 19.1. The maximum Gasteiger partial charge on any atom is 0.182 e. The van der Waals surface area contributed by atoms with Crippen molar-refractivity contribution in [3.63, 3.8) is 0 Å². The van der Waals surface area contributed by atoms with E-state index in [2.05, 4.69) is 22.4 Å². The standard InChI is InChI=1S/C12H16FN5/c1-2-3-4-7-18-12(15-16-17-18)9-5-6-11(14)10(13)8-9/h5-6,8H,2-4,7,14H2,1H3. The van der Waals surface area contributed by atoms with Crippen molar-refractivity contribution in [2.45, 2.75) is 32.7 Å². The van der Waals surface area contributed by atoms with E-state index >= 15 is 0 Å². The molecule has 1 aromatic carbocycles. The molecule has 0 atom stereocenters.